The molecule has 0 aliphatic heterocycles. The Hall–Kier alpha value is -1.35. The van der Waals surface area contributed by atoms with Crippen LogP contribution in [0.2, 0.25) is 0 Å². The summed E-state index contributed by atoms with van der Waals surface area (Å²) in [6.45, 7) is 6.64. The standard InChI is InChI=1S/C11H16N2O/c1-3-8-14-11-5-4-9(2)13-10(11)6-7-12/h3-5H,1,6-8,12H2,2H3. The molecule has 0 saturated carbocycles. The van der Waals surface area contributed by atoms with Gasteiger partial charge in [-0.1, -0.05) is 12.7 Å². The van der Waals surface area contributed by atoms with Crippen LogP contribution >= 0.6 is 0 Å². The van der Waals surface area contributed by atoms with E-state index < -0.39 is 0 Å². The summed E-state index contributed by atoms with van der Waals surface area (Å²) in [4.78, 5) is 4.38. The third kappa shape index (κ3) is 2.85. The Bertz CT molecular complexity index is 310. The Morgan fingerprint density at radius 2 is 2.36 bits per heavy atom. The first-order chi connectivity index (χ1) is 6.77. The Kier molecular flexibility index (Phi) is 4.13. The average molecular weight is 192 g/mol. The molecule has 3 heteroatoms. The molecule has 1 aromatic heterocycles. The zero-order valence-corrected chi connectivity index (χ0v) is 8.49. The van der Waals surface area contributed by atoms with Gasteiger partial charge in [0.05, 0.1) is 5.69 Å². The second-order valence-electron chi connectivity index (χ2n) is 3.04. The van der Waals surface area contributed by atoms with Crippen LogP contribution in [-0.4, -0.2) is 18.1 Å². The molecule has 1 heterocycles. The lowest BCUT2D eigenvalue weighted by Crippen LogP contribution is -2.07. The molecule has 0 aliphatic rings. The van der Waals surface area contributed by atoms with Gasteiger partial charge in [0.2, 0.25) is 0 Å². The molecule has 0 aromatic carbocycles. The van der Waals surface area contributed by atoms with Crippen molar-refractivity contribution in [1.29, 1.82) is 0 Å². The van der Waals surface area contributed by atoms with E-state index in [1.165, 1.54) is 0 Å². The van der Waals surface area contributed by atoms with Gasteiger partial charge in [0.15, 0.2) is 0 Å². The van der Waals surface area contributed by atoms with Gasteiger partial charge in [0.25, 0.3) is 0 Å². The first kappa shape index (κ1) is 10.7. The molecule has 0 bridgehead atoms. The Morgan fingerprint density at radius 3 is 3.00 bits per heavy atom. The molecule has 0 atom stereocenters. The molecule has 0 radical (unpaired) electrons. The predicted molar refractivity (Wildman–Crippen MR) is 57.4 cm³/mol. The molecular weight excluding hydrogens is 176 g/mol. The zero-order valence-electron chi connectivity index (χ0n) is 8.49. The maximum absolute atomic E-state index is 5.49. The Balaban J connectivity index is 2.83. The molecule has 0 spiro atoms. The fourth-order valence-electron chi connectivity index (χ4n) is 1.19. The van der Waals surface area contributed by atoms with E-state index in [1.54, 1.807) is 6.08 Å². The topological polar surface area (TPSA) is 48.1 Å². The maximum Gasteiger partial charge on any atom is 0.141 e. The summed E-state index contributed by atoms with van der Waals surface area (Å²) in [6, 6.07) is 3.86. The summed E-state index contributed by atoms with van der Waals surface area (Å²) in [6.07, 6.45) is 2.46. The van der Waals surface area contributed by atoms with Crippen LogP contribution in [0.5, 0.6) is 5.75 Å². The summed E-state index contributed by atoms with van der Waals surface area (Å²) in [7, 11) is 0. The largest absolute Gasteiger partial charge is 0.488 e. The predicted octanol–water partition coefficient (Wildman–Crippen LogP) is 1.46. The number of aryl methyl sites for hydroxylation is 1. The summed E-state index contributed by atoms with van der Waals surface area (Å²) >= 11 is 0. The first-order valence-electron chi connectivity index (χ1n) is 4.68. The third-order valence-electron chi connectivity index (χ3n) is 1.81. The highest BCUT2D eigenvalue weighted by Crippen LogP contribution is 2.17. The SMILES string of the molecule is C=CCOc1ccc(C)nc1CCN. The summed E-state index contributed by atoms with van der Waals surface area (Å²) < 4.78 is 5.46. The number of hydrogen-bond donors (Lipinski definition) is 1. The number of ether oxygens (including phenoxy) is 1. The van der Waals surface area contributed by atoms with Crippen molar-refractivity contribution in [2.24, 2.45) is 5.73 Å². The molecule has 14 heavy (non-hydrogen) atoms. The fourth-order valence-corrected chi connectivity index (χ4v) is 1.19. The quantitative estimate of drug-likeness (QED) is 0.718. The maximum atomic E-state index is 5.49. The summed E-state index contributed by atoms with van der Waals surface area (Å²) in [5.74, 6) is 0.806. The minimum Gasteiger partial charge on any atom is -0.488 e. The number of hydrogen-bond acceptors (Lipinski definition) is 3. The minimum absolute atomic E-state index is 0.502. The average Bonchev–Trinajstić information content (AvgIpc) is 2.17. The number of nitrogens with zero attached hydrogens (tertiary/aromatic N) is 1. The van der Waals surface area contributed by atoms with Crippen LogP contribution in [0.25, 0.3) is 0 Å². The highest BCUT2D eigenvalue weighted by atomic mass is 16.5. The van der Waals surface area contributed by atoms with E-state index in [0.717, 1.165) is 23.6 Å². The highest BCUT2D eigenvalue weighted by molar-refractivity contribution is 5.29. The second kappa shape index (κ2) is 5.40. The van der Waals surface area contributed by atoms with E-state index in [2.05, 4.69) is 11.6 Å². The van der Waals surface area contributed by atoms with E-state index >= 15 is 0 Å². The van der Waals surface area contributed by atoms with E-state index in [0.29, 0.717) is 13.2 Å². The monoisotopic (exact) mass is 192 g/mol. The van der Waals surface area contributed by atoms with Crippen LogP contribution in [0.4, 0.5) is 0 Å². The van der Waals surface area contributed by atoms with Gasteiger partial charge in [-0.05, 0) is 25.6 Å². The molecule has 0 amide bonds. The van der Waals surface area contributed by atoms with Crippen LogP contribution in [0.1, 0.15) is 11.4 Å². The molecule has 0 aliphatic carbocycles. The lowest BCUT2D eigenvalue weighted by atomic mass is 10.2. The fraction of sp³-hybridized carbons (Fsp3) is 0.364. The lowest BCUT2D eigenvalue weighted by Gasteiger charge is -2.09. The number of aromatic nitrogens is 1. The van der Waals surface area contributed by atoms with Crippen molar-refractivity contribution in [1.82, 2.24) is 4.98 Å². The van der Waals surface area contributed by atoms with Crippen molar-refractivity contribution in [3.8, 4) is 5.75 Å². The molecular formula is C11H16N2O. The zero-order chi connectivity index (χ0) is 10.4. The van der Waals surface area contributed by atoms with Crippen LogP contribution < -0.4 is 10.5 Å². The van der Waals surface area contributed by atoms with Crippen molar-refractivity contribution < 1.29 is 4.74 Å². The Labute approximate surface area is 84.6 Å². The van der Waals surface area contributed by atoms with Gasteiger partial charge in [-0.15, -0.1) is 0 Å². The van der Waals surface area contributed by atoms with Gasteiger partial charge in [0.1, 0.15) is 12.4 Å². The third-order valence-corrected chi connectivity index (χ3v) is 1.81. The molecule has 0 unspecified atom stereocenters. The van der Waals surface area contributed by atoms with Gasteiger partial charge in [-0.2, -0.15) is 0 Å². The molecule has 0 saturated heterocycles. The van der Waals surface area contributed by atoms with E-state index in [1.807, 2.05) is 19.1 Å². The number of pyridine rings is 1. The van der Waals surface area contributed by atoms with Crippen molar-refractivity contribution >= 4 is 0 Å². The summed E-state index contributed by atoms with van der Waals surface area (Å²) in [5.41, 5.74) is 7.40. The van der Waals surface area contributed by atoms with Crippen molar-refractivity contribution in [2.45, 2.75) is 13.3 Å². The molecule has 3 nitrogen and oxygen atoms in total. The smallest absolute Gasteiger partial charge is 0.141 e. The minimum atomic E-state index is 0.502. The highest BCUT2D eigenvalue weighted by Gasteiger charge is 2.03. The van der Waals surface area contributed by atoms with Gasteiger partial charge < -0.3 is 10.5 Å². The number of rotatable bonds is 5. The lowest BCUT2D eigenvalue weighted by molar-refractivity contribution is 0.356. The van der Waals surface area contributed by atoms with Gasteiger partial charge in [-0.25, -0.2) is 0 Å². The van der Waals surface area contributed by atoms with Crippen LogP contribution in [0, 0.1) is 6.92 Å². The number of nitrogens with two attached hydrogens (primary N) is 1. The van der Waals surface area contributed by atoms with Crippen molar-refractivity contribution in [3.63, 3.8) is 0 Å². The van der Waals surface area contributed by atoms with Gasteiger partial charge in [0, 0.05) is 12.1 Å². The van der Waals surface area contributed by atoms with Crippen molar-refractivity contribution in [3.05, 3.63) is 36.2 Å². The first-order valence-corrected chi connectivity index (χ1v) is 4.68. The van der Waals surface area contributed by atoms with Crippen molar-refractivity contribution in [2.75, 3.05) is 13.2 Å². The molecule has 1 rings (SSSR count). The summed E-state index contributed by atoms with van der Waals surface area (Å²) in [5, 5.41) is 0. The van der Waals surface area contributed by atoms with Gasteiger partial charge >= 0.3 is 0 Å². The van der Waals surface area contributed by atoms with E-state index in [-0.39, 0.29) is 0 Å². The molecule has 2 N–H and O–H groups in total. The second-order valence-corrected chi connectivity index (χ2v) is 3.04. The normalized spacial score (nSPS) is 9.86. The van der Waals surface area contributed by atoms with Crippen LogP contribution in [0.15, 0.2) is 24.8 Å². The molecule has 0 fully saturated rings. The van der Waals surface area contributed by atoms with E-state index in [9.17, 15) is 0 Å². The van der Waals surface area contributed by atoms with Crippen LogP contribution in [-0.2, 0) is 6.42 Å². The Morgan fingerprint density at radius 1 is 1.57 bits per heavy atom. The van der Waals surface area contributed by atoms with Crippen LogP contribution in [0.3, 0.4) is 0 Å². The van der Waals surface area contributed by atoms with Gasteiger partial charge in [-0.3, -0.25) is 4.98 Å². The van der Waals surface area contributed by atoms with E-state index in [4.69, 9.17) is 10.5 Å². The molecule has 1 aromatic rings. The molecule has 76 valence electrons.